The number of carbonyl (C=O) groups is 8. The summed E-state index contributed by atoms with van der Waals surface area (Å²) in [6.45, 7) is 17.8. The van der Waals surface area contributed by atoms with Crippen LogP contribution in [-0.4, -0.2) is 143 Å². The van der Waals surface area contributed by atoms with E-state index in [1.54, 1.807) is 30.3 Å². The van der Waals surface area contributed by atoms with Gasteiger partial charge in [-0.1, -0.05) is 85.7 Å². The molecule has 63 heavy (non-hydrogen) atoms. The molecule has 2 saturated heterocycles. The highest BCUT2D eigenvalue weighted by molar-refractivity contribution is 5.94. The lowest BCUT2D eigenvalue weighted by atomic mass is 9.97. The lowest BCUT2D eigenvalue weighted by Crippen LogP contribution is -2.57. The molecule has 8 atom stereocenters. The van der Waals surface area contributed by atoms with Crippen LogP contribution < -0.4 is 0 Å². The summed E-state index contributed by atoms with van der Waals surface area (Å²) in [5.41, 5.74) is 0.667. The number of hydrogen-bond acceptors (Lipinski definition) is 12. The number of amides is 4. The second-order valence-electron chi connectivity index (χ2n) is 18.8. The van der Waals surface area contributed by atoms with E-state index >= 15 is 0 Å². The van der Waals surface area contributed by atoms with Crippen molar-refractivity contribution < 1.29 is 57.3 Å². The number of ether oxygens (including phenoxy) is 4. The monoisotopic (exact) mass is 885 g/mol. The minimum atomic E-state index is -1.44. The fourth-order valence-electron chi connectivity index (χ4n) is 7.97. The Morgan fingerprint density at radius 3 is 1.32 bits per heavy atom. The summed E-state index contributed by atoms with van der Waals surface area (Å²) in [4.78, 5) is 118. The summed E-state index contributed by atoms with van der Waals surface area (Å²) in [7, 11) is 4.18. The Kier molecular flexibility index (Phi) is 19.6. The van der Waals surface area contributed by atoms with E-state index < -0.39 is 96.1 Å². The first kappa shape index (κ1) is 52.3. The van der Waals surface area contributed by atoms with Gasteiger partial charge in [0, 0.05) is 34.1 Å². The molecule has 0 aromatic heterocycles. The molecule has 2 heterocycles. The van der Waals surface area contributed by atoms with Gasteiger partial charge in [-0.15, -0.1) is 0 Å². The van der Waals surface area contributed by atoms with Gasteiger partial charge < -0.3 is 38.5 Å². The van der Waals surface area contributed by atoms with Crippen molar-refractivity contribution in [3.8, 4) is 0 Å². The van der Waals surface area contributed by atoms with Crippen LogP contribution in [0.3, 0.4) is 0 Å². The molecule has 2 fully saturated rings. The predicted molar refractivity (Wildman–Crippen MR) is 233 cm³/mol. The number of rotatable bonds is 10. The van der Waals surface area contributed by atoms with Crippen molar-refractivity contribution in [3.05, 3.63) is 35.9 Å². The summed E-state index contributed by atoms with van der Waals surface area (Å²) in [5.74, 6) is -6.67. The Balaban J connectivity index is 2.19. The van der Waals surface area contributed by atoms with Crippen molar-refractivity contribution in [1.82, 2.24) is 19.6 Å². The van der Waals surface area contributed by atoms with Gasteiger partial charge in [0.2, 0.25) is 0 Å². The largest absolute Gasteiger partial charge is 0.451 e. The van der Waals surface area contributed by atoms with Crippen molar-refractivity contribution in [2.24, 2.45) is 23.7 Å². The number of likely N-dealkylation sites (N-methyl/N-ethyl adjacent to an activating group) is 3. The van der Waals surface area contributed by atoms with Crippen LogP contribution in [0.5, 0.6) is 0 Å². The summed E-state index contributed by atoms with van der Waals surface area (Å²) in [6, 6.07) is 4.17. The van der Waals surface area contributed by atoms with Crippen molar-refractivity contribution in [1.29, 1.82) is 0 Å². The van der Waals surface area contributed by atoms with Crippen LogP contribution in [0, 0.1) is 23.7 Å². The summed E-state index contributed by atoms with van der Waals surface area (Å²) in [5, 5.41) is 0. The van der Waals surface area contributed by atoms with E-state index in [1.807, 2.05) is 55.4 Å². The molecule has 4 amide bonds. The number of benzene rings is 1. The number of nitrogens with zero attached hydrogens (tertiary/aromatic N) is 4. The quantitative estimate of drug-likeness (QED) is 0.236. The molecule has 4 unspecified atom stereocenters. The Labute approximate surface area is 373 Å². The molecule has 0 aliphatic carbocycles. The molecule has 16 heteroatoms. The molecule has 0 N–H and O–H groups in total. The molecule has 0 spiro atoms. The van der Waals surface area contributed by atoms with Crippen molar-refractivity contribution >= 4 is 47.5 Å². The molecule has 0 radical (unpaired) electrons. The zero-order chi connectivity index (χ0) is 47.5. The van der Waals surface area contributed by atoms with Gasteiger partial charge in [-0.3, -0.25) is 19.2 Å². The van der Waals surface area contributed by atoms with E-state index in [0.29, 0.717) is 12.0 Å². The van der Waals surface area contributed by atoms with E-state index in [1.165, 1.54) is 44.8 Å². The molecule has 16 nitrogen and oxygen atoms in total. The molecular formula is C47H72N4O12. The lowest BCUT2D eigenvalue weighted by molar-refractivity contribution is -0.178. The summed E-state index contributed by atoms with van der Waals surface area (Å²) in [6.07, 6.45) is -4.46. The van der Waals surface area contributed by atoms with E-state index in [-0.39, 0.29) is 68.7 Å². The highest BCUT2D eigenvalue weighted by atomic mass is 16.6. The topological polar surface area (TPSA) is 186 Å². The third-order valence-corrected chi connectivity index (χ3v) is 11.5. The van der Waals surface area contributed by atoms with E-state index in [0.717, 1.165) is 9.80 Å². The van der Waals surface area contributed by atoms with Gasteiger partial charge in [0.25, 0.3) is 23.6 Å². The second kappa shape index (κ2) is 23.6. The Morgan fingerprint density at radius 1 is 0.508 bits per heavy atom. The maximum absolute atomic E-state index is 14.6. The number of hydrogen-bond donors (Lipinski definition) is 0. The molecule has 352 valence electrons. The van der Waals surface area contributed by atoms with Crippen molar-refractivity contribution in [2.75, 3.05) is 27.7 Å². The standard InChI is InChI=1S/C47H72N4O12/c1-27(2)22-34-44(56)60-32(10)41(53)49(12)36(24-29(5)6)46(58)62-38-20-17-21-51(43(38)55)37(25-30(7)8)47(59)63-39(26-33-18-15-14-16-19-33)42(54)50(13)35(23-28(3)4)45(57)61-31(9)40(52)48(34)11/h14-16,18-19,27-32,34-39H,17,20-26H2,1-13H3/t31-,32-,34?,35?,36?,37?,38-,39-/m1/s1. The van der Waals surface area contributed by atoms with Crippen LogP contribution in [0.25, 0.3) is 0 Å². The highest BCUT2D eigenvalue weighted by Crippen LogP contribution is 2.26. The zero-order valence-electron chi connectivity index (χ0n) is 39.7. The zero-order valence-corrected chi connectivity index (χ0v) is 39.7. The highest BCUT2D eigenvalue weighted by Gasteiger charge is 2.44. The fourth-order valence-corrected chi connectivity index (χ4v) is 7.97. The molecule has 1 aromatic carbocycles. The Morgan fingerprint density at radius 2 is 0.889 bits per heavy atom. The normalized spacial score (nSPS) is 27.2. The van der Waals surface area contributed by atoms with E-state index in [4.69, 9.17) is 18.9 Å². The molecule has 1 aromatic rings. The minimum absolute atomic E-state index is 0.0586. The second-order valence-corrected chi connectivity index (χ2v) is 18.8. The van der Waals surface area contributed by atoms with Gasteiger partial charge in [-0.25, -0.2) is 19.2 Å². The van der Waals surface area contributed by atoms with Gasteiger partial charge in [0.15, 0.2) is 24.4 Å². The summed E-state index contributed by atoms with van der Waals surface area (Å²) >= 11 is 0. The fraction of sp³-hybridized carbons (Fsp3) is 0.702. The van der Waals surface area contributed by atoms with Gasteiger partial charge in [0.1, 0.15) is 24.2 Å². The van der Waals surface area contributed by atoms with Crippen LogP contribution in [0.15, 0.2) is 30.3 Å². The van der Waals surface area contributed by atoms with Crippen molar-refractivity contribution in [2.45, 2.75) is 163 Å². The van der Waals surface area contributed by atoms with E-state index in [2.05, 4.69) is 0 Å². The first-order valence-corrected chi connectivity index (χ1v) is 22.4. The molecule has 0 saturated carbocycles. The molecular weight excluding hydrogens is 813 g/mol. The number of piperidine rings is 1. The first-order chi connectivity index (χ1) is 29.4. The lowest BCUT2D eigenvalue weighted by Gasteiger charge is -2.39. The first-order valence-electron chi connectivity index (χ1n) is 22.4. The van der Waals surface area contributed by atoms with Gasteiger partial charge >= 0.3 is 23.9 Å². The number of cyclic esters (lactones) is 3. The van der Waals surface area contributed by atoms with Gasteiger partial charge in [-0.2, -0.15) is 0 Å². The number of esters is 4. The number of carbonyl (C=O) groups excluding carboxylic acids is 8. The van der Waals surface area contributed by atoms with E-state index in [9.17, 15) is 38.4 Å². The van der Waals surface area contributed by atoms with Crippen LogP contribution in [0.1, 0.15) is 113 Å². The molecule has 3 rings (SSSR count). The minimum Gasteiger partial charge on any atom is -0.451 e. The van der Waals surface area contributed by atoms with Crippen LogP contribution in [0.4, 0.5) is 0 Å². The Hall–Kier alpha value is -5.02. The molecule has 2 aliphatic rings. The van der Waals surface area contributed by atoms with Gasteiger partial charge in [-0.05, 0) is 81.6 Å². The maximum atomic E-state index is 14.6. The predicted octanol–water partition coefficient (Wildman–Crippen LogP) is 4.59. The maximum Gasteiger partial charge on any atom is 0.329 e. The average Bonchev–Trinajstić information content (AvgIpc) is 3.21. The van der Waals surface area contributed by atoms with Crippen LogP contribution in [0.2, 0.25) is 0 Å². The third kappa shape index (κ3) is 14.5. The third-order valence-electron chi connectivity index (χ3n) is 11.5. The Bertz CT molecular complexity index is 1770. The smallest absolute Gasteiger partial charge is 0.329 e. The van der Waals surface area contributed by atoms with Crippen LogP contribution >= 0.6 is 0 Å². The van der Waals surface area contributed by atoms with Gasteiger partial charge in [0.05, 0.1) is 0 Å². The molecule has 2 bridgehead atoms. The number of fused-ring (bicyclic) bond motifs is 2. The van der Waals surface area contributed by atoms with Crippen LogP contribution in [-0.2, 0) is 63.7 Å². The van der Waals surface area contributed by atoms with Crippen molar-refractivity contribution in [3.63, 3.8) is 0 Å². The average molecular weight is 885 g/mol. The summed E-state index contributed by atoms with van der Waals surface area (Å²) < 4.78 is 23.5. The SMILES string of the molecule is CC(C)CC1C(=O)O[C@@H]2CCCN(C2=O)C(CC(C)C)C(=O)O[C@H](Cc2ccccc2)C(=O)N(C)C(CC(C)C)C(=O)O[C@H](C)C(=O)N(C)C(CC(C)C)C(=O)O[C@H](C)C(=O)N1C. The molecule has 2 aliphatic heterocycles.